The van der Waals surface area contributed by atoms with Crippen molar-refractivity contribution in [1.29, 1.82) is 0 Å². The summed E-state index contributed by atoms with van der Waals surface area (Å²) in [6.45, 7) is 5.52. The molecule has 2 amide bonds. The molecule has 11 heteroatoms. The lowest BCUT2D eigenvalue weighted by Gasteiger charge is -2.20. The Kier molecular flexibility index (Phi) is 10.4. The van der Waals surface area contributed by atoms with Gasteiger partial charge in [-0.05, 0) is 104 Å². The molecule has 0 unspecified atom stereocenters. The standard InChI is InChI=1S/C40H35ClFN5O4/c1-40(2,3)51-39(49)47-35-10-5-4-9-34(35)46-37(48)18-12-25-11-13-27(19-25)28-14-16-33-31(21-28)38(44-24-43-33)45-30-15-17-36(32(41)22-30)50-23-26-7-6-8-29(42)20-26/h4-18,20-22,24H,19,23H2,1-3H3,(H,46,48)(H,47,49)(H,43,44,45)/b18-12+. The van der Waals surface area contributed by atoms with Gasteiger partial charge in [0.2, 0.25) is 5.91 Å². The van der Waals surface area contributed by atoms with E-state index < -0.39 is 11.7 Å². The van der Waals surface area contributed by atoms with Crippen LogP contribution in [0.3, 0.4) is 0 Å². The van der Waals surface area contributed by atoms with E-state index in [4.69, 9.17) is 21.1 Å². The fourth-order valence-electron chi connectivity index (χ4n) is 5.31. The highest BCUT2D eigenvalue weighted by molar-refractivity contribution is 6.32. The van der Waals surface area contributed by atoms with Crippen molar-refractivity contribution < 1.29 is 23.5 Å². The number of rotatable bonds is 10. The summed E-state index contributed by atoms with van der Waals surface area (Å²) in [6, 6.07) is 24.5. The Labute approximate surface area is 299 Å². The van der Waals surface area contributed by atoms with Crippen LogP contribution in [0.5, 0.6) is 5.75 Å². The molecule has 258 valence electrons. The van der Waals surface area contributed by atoms with Crippen molar-refractivity contribution >= 4 is 63.0 Å². The van der Waals surface area contributed by atoms with E-state index in [1.807, 2.05) is 36.4 Å². The van der Waals surface area contributed by atoms with E-state index in [0.29, 0.717) is 45.6 Å². The van der Waals surface area contributed by atoms with E-state index in [9.17, 15) is 14.0 Å². The number of amides is 2. The summed E-state index contributed by atoms with van der Waals surface area (Å²) in [7, 11) is 0. The Morgan fingerprint density at radius 3 is 2.49 bits per heavy atom. The maximum Gasteiger partial charge on any atom is 0.412 e. The molecule has 1 heterocycles. The minimum absolute atomic E-state index is 0.183. The molecule has 0 bridgehead atoms. The van der Waals surface area contributed by atoms with Gasteiger partial charge < -0.3 is 20.1 Å². The van der Waals surface area contributed by atoms with Crippen LogP contribution in [0.15, 0.2) is 121 Å². The number of fused-ring (bicyclic) bond motifs is 1. The van der Waals surface area contributed by atoms with Crippen molar-refractivity contribution in [2.24, 2.45) is 0 Å². The van der Waals surface area contributed by atoms with Crippen LogP contribution >= 0.6 is 11.6 Å². The van der Waals surface area contributed by atoms with Crippen molar-refractivity contribution in [2.75, 3.05) is 16.0 Å². The minimum atomic E-state index is -0.653. The van der Waals surface area contributed by atoms with E-state index >= 15 is 0 Å². The van der Waals surface area contributed by atoms with Crippen molar-refractivity contribution in [3.05, 3.63) is 143 Å². The first-order chi connectivity index (χ1) is 24.5. The number of carbonyl (C=O) groups is 2. The second-order valence-electron chi connectivity index (χ2n) is 12.7. The monoisotopic (exact) mass is 703 g/mol. The lowest BCUT2D eigenvalue weighted by atomic mass is 10.0. The van der Waals surface area contributed by atoms with Gasteiger partial charge in [0.15, 0.2) is 0 Å². The molecule has 4 aromatic carbocycles. The molecule has 1 aliphatic rings. The zero-order chi connectivity index (χ0) is 36.0. The van der Waals surface area contributed by atoms with Crippen LogP contribution in [0, 0.1) is 5.82 Å². The highest BCUT2D eigenvalue weighted by atomic mass is 35.5. The number of nitrogens with zero attached hydrogens (tertiary/aromatic N) is 2. The molecule has 9 nitrogen and oxygen atoms in total. The van der Waals surface area contributed by atoms with E-state index in [1.165, 1.54) is 24.5 Å². The summed E-state index contributed by atoms with van der Waals surface area (Å²) in [4.78, 5) is 34.0. The van der Waals surface area contributed by atoms with Crippen LogP contribution in [-0.2, 0) is 16.1 Å². The van der Waals surface area contributed by atoms with Gasteiger partial charge >= 0.3 is 6.09 Å². The van der Waals surface area contributed by atoms with Crippen molar-refractivity contribution in [3.63, 3.8) is 0 Å². The summed E-state index contributed by atoms with van der Waals surface area (Å²) >= 11 is 6.53. The van der Waals surface area contributed by atoms with Gasteiger partial charge in [-0.25, -0.2) is 19.2 Å². The zero-order valence-corrected chi connectivity index (χ0v) is 28.9. The first-order valence-corrected chi connectivity index (χ1v) is 16.5. The first-order valence-electron chi connectivity index (χ1n) is 16.2. The number of benzene rings is 4. The molecule has 0 aliphatic heterocycles. The third-order valence-electron chi connectivity index (χ3n) is 7.65. The molecule has 0 spiro atoms. The van der Waals surface area contributed by atoms with E-state index in [-0.39, 0.29) is 18.3 Å². The number of aromatic nitrogens is 2. The van der Waals surface area contributed by atoms with E-state index in [2.05, 4.69) is 25.9 Å². The molecular weight excluding hydrogens is 669 g/mol. The number of ether oxygens (including phenoxy) is 2. The molecule has 6 rings (SSSR count). The Morgan fingerprint density at radius 1 is 0.922 bits per heavy atom. The predicted molar refractivity (Wildman–Crippen MR) is 200 cm³/mol. The molecular formula is C40H35ClFN5O4. The molecule has 0 saturated carbocycles. The van der Waals surface area contributed by atoms with Crippen LogP contribution < -0.4 is 20.7 Å². The van der Waals surface area contributed by atoms with Crippen molar-refractivity contribution in [1.82, 2.24) is 9.97 Å². The number of halogens is 2. The largest absolute Gasteiger partial charge is 0.487 e. The highest BCUT2D eigenvalue weighted by Gasteiger charge is 2.18. The second-order valence-corrected chi connectivity index (χ2v) is 13.2. The molecule has 1 aliphatic carbocycles. The van der Waals surface area contributed by atoms with Crippen LogP contribution in [0.2, 0.25) is 5.02 Å². The van der Waals surface area contributed by atoms with Crippen LogP contribution in [0.25, 0.3) is 16.5 Å². The van der Waals surface area contributed by atoms with Gasteiger partial charge in [-0.15, -0.1) is 0 Å². The molecule has 0 fully saturated rings. The summed E-state index contributed by atoms with van der Waals surface area (Å²) < 4.78 is 24.7. The summed E-state index contributed by atoms with van der Waals surface area (Å²) in [5, 5.41) is 10.1. The Morgan fingerprint density at radius 2 is 1.73 bits per heavy atom. The molecule has 51 heavy (non-hydrogen) atoms. The van der Waals surface area contributed by atoms with Crippen molar-refractivity contribution in [2.45, 2.75) is 39.4 Å². The molecule has 0 atom stereocenters. The molecule has 3 N–H and O–H groups in total. The first kappa shape index (κ1) is 34.8. The van der Waals surface area contributed by atoms with Gasteiger partial charge in [-0.2, -0.15) is 0 Å². The van der Waals surface area contributed by atoms with Gasteiger partial charge in [0.1, 0.15) is 35.9 Å². The Balaban J connectivity index is 1.08. The highest BCUT2D eigenvalue weighted by Crippen LogP contribution is 2.34. The Bertz CT molecular complexity index is 2210. The maximum absolute atomic E-state index is 13.5. The van der Waals surface area contributed by atoms with Gasteiger partial charge in [0, 0.05) is 17.1 Å². The minimum Gasteiger partial charge on any atom is -0.487 e. The third kappa shape index (κ3) is 9.37. The van der Waals surface area contributed by atoms with Gasteiger partial charge in [0.05, 0.1) is 21.9 Å². The van der Waals surface area contributed by atoms with Crippen molar-refractivity contribution in [3.8, 4) is 5.75 Å². The zero-order valence-electron chi connectivity index (χ0n) is 28.2. The van der Waals surface area contributed by atoms with E-state index in [0.717, 1.165) is 27.6 Å². The van der Waals surface area contributed by atoms with Gasteiger partial charge in [-0.1, -0.05) is 60.2 Å². The predicted octanol–water partition coefficient (Wildman–Crippen LogP) is 10.0. The second kappa shape index (κ2) is 15.3. The fourth-order valence-corrected chi connectivity index (χ4v) is 5.54. The van der Waals surface area contributed by atoms with Gasteiger partial charge in [-0.3, -0.25) is 10.1 Å². The third-order valence-corrected chi connectivity index (χ3v) is 7.94. The average molecular weight is 704 g/mol. The smallest absolute Gasteiger partial charge is 0.412 e. The number of hydrogen-bond acceptors (Lipinski definition) is 7. The summed E-state index contributed by atoms with van der Waals surface area (Å²) in [6.07, 6.45) is 8.75. The number of hydrogen-bond donors (Lipinski definition) is 3. The fraction of sp³-hybridized carbons (Fsp3) is 0.150. The van der Waals surface area contributed by atoms with Crippen LogP contribution in [-0.4, -0.2) is 27.6 Å². The normalized spacial score (nSPS) is 12.7. The number of anilines is 4. The SMILES string of the molecule is CC(C)(C)OC(=O)Nc1ccccc1NC(=O)/C=C/C1=CC=C(c2ccc3ncnc(Nc4ccc(OCc5cccc(F)c5)c(Cl)c4)c3c2)C1. The maximum atomic E-state index is 13.5. The van der Waals surface area contributed by atoms with Gasteiger partial charge in [0.25, 0.3) is 0 Å². The lowest BCUT2D eigenvalue weighted by Crippen LogP contribution is -2.27. The Hall–Kier alpha value is -6.00. The topological polar surface area (TPSA) is 114 Å². The molecule has 0 saturated heterocycles. The summed E-state index contributed by atoms with van der Waals surface area (Å²) in [5.74, 6) is 0.420. The van der Waals surface area contributed by atoms with Crippen LogP contribution in [0.1, 0.15) is 38.3 Å². The average Bonchev–Trinajstić information content (AvgIpc) is 3.56. The molecule has 0 radical (unpaired) electrons. The number of para-hydroxylation sites is 2. The molecule has 1 aromatic heterocycles. The summed E-state index contributed by atoms with van der Waals surface area (Å²) in [5.41, 5.74) is 5.42. The number of allylic oxidation sites excluding steroid dienone is 5. The van der Waals surface area contributed by atoms with E-state index in [1.54, 1.807) is 75.4 Å². The molecule has 5 aromatic rings. The quantitative estimate of drug-likeness (QED) is 0.124. The number of carbonyl (C=O) groups excluding carboxylic acids is 2. The van der Waals surface area contributed by atoms with Crippen LogP contribution in [0.4, 0.5) is 32.1 Å². The number of nitrogens with one attached hydrogen (secondary N) is 3. The lowest BCUT2D eigenvalue weighted by molar-refractivity contribution is -0.111.